The largest absolute Gasteiger partial charge is 0.504 e. The molecule has 47 heavy (non-hydrogen) atoms. The normalized spacial score (nSPS) is 20.7. The van der Waals surface area contributed by atoms with Crippen LogP contribution in [-0.2, 0) is 42.9 Å². The molecule has 0 aliphatic carbocycles. The van der Waals surface area contributed by atoms with E-state index in [2.05, 4.69) is 6.92 Å². The van der Waals surface area contributed by atoms with E-state index in [-0.39, 0.29) is 29.1 Å². The first kappa shape index (κ1) is 37.1. The molecule has 5 atom stereocenters. The molecule has 1 fully saturated rings. The van der Waals surface area contributed by atoms with Gasteiger partial charge >= 0.3 is 29.5 Å². The predicted molar refractivity (Wildman–Crippen MR) is 165 cm³/mol. The van der Waals surface area contributed by atoms with Crippen LogP contribution in [0.2, 0.25) is 0 Å². The van der Waals surface area contributed by atoms with E-state index < -0.39 is 72.6 Å². The molecule has 1 aromatic heterocycles. The van der Waals surface area contributed by atoms with Gasteiger partial charge in [-0.15, -0.1) is 0 Å². The fourth-order valence-electron chi connectivity index (χ4n) is 5.18. The third-order valence-corrected chi connectivity index (χ3v) is 7.26. The highest BCUT2D eigenvalue weighted by Gasteiger charge is 2.53. The molecule has 3 rings (SSSR count). The molecule has 1 aliphatic heterocycles. The summed E-state index contributed by atoms with van der Waals surface area (Å²) in [7, 11) is 0. The lowest BCUT2D eigenvalue weighted by Crippen LogP contribution is -2.63. The van der Waals surface area contributed by atoms with Crippen LogP contribution in [-0.4, -0.2) is 72.9 Å². The minimum absolute atomic E-state index is 0.0357. The number of benzene rings is 1. The minimum Gasteiger partial charge on any atom is -0.504 e. The third kappa shape index (κ3) is 11.2. The second-order valence-electron chi connectivity index (χ2n) is 11.2. The van der Waals surface area contributed by atoms with Crippen LogP contribution in [0.15, 0.2) is 27.4 Å². The van der Waals surface area contributed by atoms with E-state index in [1.165, 1.54) is 43.9 Å². The SMILES string of the molecule is CCCCCCCCCCOc1c(O)c2ccc(O[C@@H]3O[C@H](COC(C)=O)[C@@H](OC(C)=O)[C@H](OC(C)=O)[C@H]3OC(C)=O)cc2oc1=O. The molecular formula is C33H44O14. The summed E-state index contributed by atoms with van der Waals surface area (Å²) in [6.07, 6.45) is 1.77. The van der Waals surface area contributed by atoms with Crippen molar-refractivity contribution in [1.82, 2.24) is 0 Å². The summed E-state index contributed by atoms with van der Waals surface area (Å²) >= 11 is 0. The molecule has 14 nitrogen and oxygen atoms in total. The highest BCUT2D eigenvalue weighted by atomic mass is 16.7. The Morgan fingerprint density at radius 3 is 2.00 bits per heavy atom. The number of esters is 4. The van der Waals surface area contributed by atoms with Crippen molar-refractivity contribution >= 4 is 34.8 Å². The summed E-state index contributed by atoms with van der Waals surface area (Å²) in [5, 5.41) is 11.0. The molecule has 14 heteroatoms. The molecular weight excluding hydrogens is 620 g/mol. The molecule has 0 spiro atoms. The zero-order valence-corrected chi connectivity index (χ0v) is 27.4. The summed E-state index contributed by atoms with van der Waals surface area (Å²) in [4.78, 5) is 60.4. The third-order valence-electron chi connectivity index (χ3n) is 7.26. The van der Waals surface area contributed by atoms with Crippen molar-refractivity contribution in [1.29, 1.82) is 0 Å². The van der Waals surface area contributed by atoms with Crippen molar-refractivity contribution in [2.45, 2.75) is 117 Å². The fraction of sp³-hybridized carbons (Fsp3) is 0.606. The van der Waals surface area contributed by atoms with Crippen LogP contribution in [0.25, 0.3) is 11.0 Å². The molecule has 0 saturated carbocycles. The van der Waals surface area contributed by atoms with Gasteiger partial charge in [0, 0.05) is 33.8 Å². The lowest BCUT2D eigenvalue weighted by molar-refractivity contribution is -0.288. The number of fused-ring (bicyclic) bond motifs is 1. The molecule has 260 valence electrons. The molecule has 1 aliphatic rings. The van der Waals surface area contributed by atoms with Crippen LogP contribution in [0.4, 0.5) is 0 Å². The van der Waals surface area contributed by atoms with Gasteiger partial charge < -0.3 is 42.7 Å². The number of hydrogen-bond donors (Lipinski definition) is 1. The average Bonchev–Trinajstić information content (AvgIpc) is 2.99. The zero-order valence-electron chi connectivity index (χ0n) is 27.4. The van der Waals surface area contributed by atoms with E-state index in [0.29, 0.717) is 6.42 Å². The van der Waals surface area contributed by atoms with Crippen molar-refractivity contribution in [3.05, 3.63) is 28.6 Å². The van der Waals surface area contributed by atoms with Gasteiger partial charge in [0.2, 0.25) is 18.1 Å². The summed E-state index contributed by atoms with van der Waals surface area (Å²) in [6.45, 7) is 6.47. The molecule has 2 heterocycles. The Kier molecular flexibility index (Phi) is 14.3. The number of carbonyl (C=O) groups excluding carboxylic acids is 4. The standard InChI is InChI=1S/C33H44O14/c1-6-7-8-9-10-11-12-13-16-40-29-27(38)24-15-14-23(17-25(24)46-32(29)39)45-33-31(44-22(5)37)30(43-21(4)36)28(42-20(3)35)26(47-33)18-41-19(2)34/h14-15,17,26,28,30-31,33,38H,6-13,16,18H2,1-5H3/t26-,28-,30+,31-,33-/m1/s1. The van der Waals surface area contributed by atoms with Crippen molar-refractivity contribution in [2.24, 2.45) is 0 Å². The van der Waals surface area contributed by atoms with Gasteiger partial charge in [-0.2, -0.15) is 0 Å². The van der Waals surface area contributed by atoms with E-state index in [0.717, 1.165) is 47.0 Å². The number of rotatable bonds is 17. The molecule has 0 amide bonds. The van der Waals surface area contributed by atoms with E-state index in [4.69, 9.17) is 37.6 Å². The number of ether oxygens (including phenoxy) is 7. The molecule has 0 bridgehead atoms. The summed E-state index contributed by atoms with van der Waals surface area (Å²) < 4.78 is 44.2. The number of carbonyl (C=O) groups is 4. The lowest BCUT2D eigenvalue weighted by Gasteiger charge is -2.43. The minimum atomic E-state index is -1.50. The van der Waals surface area contributed by atoms with Crippen molar-refractivity contribution in [3.63, 3.8) is 0 Å². The van der Waals surface area contributed by atoms with Crippen LogP contribution < -0.4 is 15.1 Å². The number of unbranched alkanes of at least 4 members (excludes halogenated alkanes) is 7. The van der Waals surface area contributed by atoms with Gasteiger partial charge in [0.1, 0.15) is 24.0 Å². The van der Waals surface area contributed by atoms with Crippen LogP contribution in [0.1, 0.15) is 86.0 Å². The Morgan fingerprint density at radius 1 is 0.787 bits per heavy atom. The van der Waals surface area contributed by atoms with E-state index >= 15 is 0 Å². The van der Waals surface area contributed by atoms with Gasteiger partial charge in [-0.05, 0) is 18.6 Å². The van der Waals surface area contributed by atoms with E-state index in [9.17, 15) is 29.1 Å². The maximum absolute atomic E-state index is 12.7. The van der Waals surface area contributed by atoms with E-state index in [1.807, 2.05) is 0 Å². The van der Waals surface area contributed by atoms with Gasteiger partial charge in [-0.1, -0.05) is 51.9 Å². The van der Waals surface area contributed by atoms with Gasteiger partial charge in [-0.3, -0.25) is 19.2 Å². The van der Waals surface area contributed by atoms with Crippen molar-refractivity contribution in [3.8, 4) is 17.2 Å². The second-order valence-corrected chi connectivity index (χ2v) is 11.2. The van der Waals surface area contributed by atoms with Gasteiger partial charge in [-0.25, -0.2) is 4.79 Å². The van der Waals surface area contributed by atoms with Crippen molar-refractivity contribution in [2.75, 3.05) is 13.2 Å². The smallest absolute Gasteiger partial charge is 0.383 e. The monoisotopic (exact) mass is 664 g/mol. The highest BCUT2D eigenvalue weighted by Crippen LogP contribution is 2.35. The molecule has 1 N–H and O–H groups in total. The van der Waals surface area contributed by atoms with Gasteiger partial charge in [0.05, 0.1) is 12.0 Å². The molecule has 0 unspecified atom stereocenters. The Balaban J connectivity index is 1.82. The fourth-order valence-corrected chi connectivity index (χ4v) is 5.18. The molecule has 2 aromatic rings. The topological polar surface area (TPSA) is 183 Å². The van der Waals surface area contributed by atoms with Crippen LogP contribution in [0.5, 0.6) is 17.2 Å². The molecule has 1 aromatic carbocycles. The van der Waals surface area contributed by atoms with Gasteiger partial charge in [0.15, 0.2) is 18.0 Å². The Hall–Kier alpha value is -4.33. The first-order valence-corrected chi connectivity index (χ1v) is 15.8. The first-order valence-electron chi connectivity index (χ1n) is 15.8. The van der Waals surface area contributed by atoms with Crippen molar-refractivity contribution < 1.29 is 61.9 Å². The number of aromatic hydroxyl groups is 1. The van der Waals surface area contributed by atoms with E-state index in [1.54, 1.807) is 0 Å². The molecule has 0 radical (unpaired) electrons. The maximum Gasteiger partial charge on any atom is 0.383 e. The quantitative estimate of drug-likeness (QED) is 0.108. The summed E-state index contributed by atoms with van der Waals surface area (Å²) in [6, 6.07) is 4.16. The Labute approximate surface area is 272 Å². The molecule has 1 saturated heterocycles. The van der Waals surface area contributed by atoms with Crippen LogP contribution >= 0.6 is 0 Å². The van der Waals surface area contributed by atoms with Crippen LogP contribution in [0, 0.1) is 0 Å². The highest BCUT2D eigenvalue weighted by molar-refractivity contribution is 5.86. The number of hydrogen-bond acceptors (Lipinski definition) is 14. The Morgan fingerprint density at radius 2 is 1.38 bits per heavy atom. The first-order chi connectivity index (χ1) is 22.4. The van der Waals surface area contributed by atoms with Gasteiger partial charge in [0.25, 0.3) is 0 Å². The predicted octanol–water partition coefficient (Wildman–Crippen LogP) is 4.48. The summed E-state index contributed by atoms with van der Waals surface area (Å²) in [5.41, 5.74) is -0.936. The maximum atomic E-state index is 12.7. The summed E-state index contributed by atoms with van der Waals surface area (Å²) in [5.74, 6) is -3.67. The Bertz CT molecular complexity index is 1430. The lowest BCUT2D eigenvalue weighted by atomic mass is 9.98. The van der Waals surface area contributed by atoms with Crippen LogP contribution in [0.3, 0.4) is 0 Å². The zero-order chi connectivity index (χ0) is 34.5. The average molecular weight is 665 g/mol. The second kappa shape index (κ2) is 18.1.